The maximum atomic E-state index is 4.29. The van der Waals surface area contributed by atoms with Crippen LogP contribution in [0.15, 0.2) is 18.2 Å². The molecule has 2 aromatic rings. The summed E-state index contributed by atoms with van der Waals surface area (Å²) in [6, 6.07) is 6.93. The highest BCUT2D eigenvalue weighted by atomic mass is 32.1. The van der Waals surface area contributed by atoms with Crippen molar-refractivity contribution in [1.82, 2.24) is 14.1 Å². The Balaban J connectivity index is 1.87. The van der Waals surface area contributed by atoms with Crippen molar-refractivity contribution in [2.75, 3.05) is 6.54 Å². The molecule has 1 aliphatic rings. The summed E-state index contributed by atoms with van der Waals surface area (Å²) in [5, 5.41) is 3.60. The van der Waals surface area contributed by atoms with E-state index in [1.165, 1.54) is 30.1 Å². The Bertz CT molecular complexity index is 486. The zero-order valence-electron chi connectivity index (χ0n) is 9.31. The number of hydrogen-bond donors (Lipinski definition) is 1. The molecule has 1 fully saturated rings. The number of nitrogens with zero attached hydrogens (tertiary/aromatic N) is 2. The Morgan fingerprint density at radius 2 is 2.12 bits per heavy atom. The summed E-state index contributed by atoms with van der Waals surface area (Å²) < 4.78 is 8.52. The lowest BCUT2D eigenvalue weighted by atomic mass is 9.92. The average Bonchev–Trinajstić information content (AvgIpc) is 2.77. The van der Waals surface area contributed by atoms with Crippen LogP contribution < -0.4 is 5.32 Å². The molecular weight excluding hydrogens is 218 g/mol. The van der Waals surface area contributed by atoms with Gasteiger partial charge in [-0.15, -0.1) is 0 Å². The van der Waals surface area contributed by atoms with Crippen molar-refractivity contribution < 1.29 is 0 Å². The van der Waals surface area contributed by atoms with Gasteiger partial charge in [-0.1, -0.05) is 13.0 Å². The van der Waals surface area contributed by atoms with Crippen molar-refractivity contribution in [2.45, 2.75) is 25.8 Å². The van der Waals surface area contributed by atoms with Gasteiger partial charge < -0.3 is 5.32 Å². The number of nitrogens with one attached hydrogen (secondary N) is 1. The van der Waals surface area contributed by atoms with E-state index < -0.39 is 0 Å². The molecule has 4 heteroatoms. The van der Waals surface area contributed by atoms with Crippen LogP contribution in [0.25, 0.3) is 11.0 Å². The topological polar surface area (TPSA) is 37.8 Å². The average molecular weight is 233 g/mol. The van der Waals surface area contributed by atoms with Crippen LogP contribution in [0.4, 0.5) is 0 Å². The van der Waals surface area contributed by atoms with Gasteiger partial charge >= 0.3 is 0 Å². The predicted molar refractivity (Wildman–Crippen MR) is 66.6 cm³/mol. The molecule has 2 unspecified atom stereocenters. The van der Waals surface area contributed by atoms with Gasteiger partial charge in [-0.25, -0.2) is 0 Å². The van der Waals surface area contributed by atoms with Crippen LogP contribution in [0.3, 0.4) is 0 Å². The van der Waals surface area contributed by atoms with Crippen molar-refractivity contribution >= 4 is 22.8 Å². The molecule has 1 aliphatic heterocycles. The molecule has 0 aliphatic carbocycles. The highest BCUT2D eigenvalue weighted by Crippen LogP contribution is 2.27. The van der Waals surface area contributed by atoms with E-state index in [4.69, 9.17) is 0 Å². The molecule has 0 radical (unpaired) electrons. The molecule has 1 aromatic carbocycles. The van der Waals surface area contributed by atoms with Crippen LogP contribution in [0.2, 0.25) is 0 Å². The van der Waals surface area contributed by atoms with Crippen LogP contribution >= 0.6 is 11.7 Å². The molecule has 0 spiro atoms. The minimum atomic E-state index is 0.502. The van der Waals surface area contributed by atoms with E-state index in [9.17, 15) is 0 Å². The Kier molecular flexibility index (Phi) is 2.61. The number of fused-ring (bicyclic) bond motifs is 1. The third-order valence-electron chi connectivity index (χ3n) is 3.34. The first kappa shape index (κ1) is 10.2. The van der Waals surface area contributed by atoms with Crippen molar-refractivity contribution in [3.8, 4) is 0 Å². The van der Waals surface area contributed by atoms with E-state index in [1.54, 1.807) is 0 Å². The van der Waals surface area contributed by atoms with Gasteiger partial charge in [0.15, 0.2) is 0 Å². The van der Waals surface area contributed by atoms with Gasteiger partial charge in [0.25, 0.3) is 0 Å². The summed E-state index contributed by atoms with van der Waals surface area (Å²) in [6.45, 7) is 3.43. The summed E-state index contributed by atoms with van der Waals surface area (Å²) in [4.78, 5) is 0. The molecule has 1 saturated heterocycles. The molecule has 84 valence electrons. The van der Waals surface area contributed by atoms with Gasteiger partial charge in [-0.3, -0.25) is 0 Å². The van der Waals surface area contributed by atoms with Crippen LogP contribution in [0.1, 0.15) is 31.4 Å². The fourth-order valence-corrected chi connectivity index (χ4v) is 2.82. The summed E-state index contributed by atoms with van der Waals surface area (Å²) in [6.07, 6.45) is 2.54. The Morgan fingerprint density at radius 3 is 2.94 bits per heavy atom. The molecule has 2 atom stereocenters. The van der Waals surface area contributed by atoms with Gasteiger partial charge in [0, 0.05) is 6.04 Å². The molecule has 0 saturated carbocycles. The van der Waals surface area contributed by atoms with Crippen molar-refractivity contribution in [1.29, 1.82) is 0 Å². The summed E-state index contributed by atoms with van der Waals surface area (Å²) >= 11 is 1.29. The molecule has 3 nitrogen and oxygen atoms in total. The van der Waals surface area contributed by atoms with E-state index in [0.717, 1.165) is 23.5 Å². The normalized spacial score (nSPS) is 26.1. The Morgan fingerprint density at radius 1 is 1.25 bits per heavy atom. The van der Waals surface area contributed by atoms with Gasteiger partial charge in [-0.05, 0) is 43.0 Å². The number of piperidine rings is 1. The van der Waals surface area contributed by atoms with Gasteiger partial charge in [0.2, 0.25) is 0 Å². The van der Waals surface area contributed by atoms with Gasteiger partial charge in [0.1, 0.15) is 11.0 Å². The smallest absolute Gasteiger partial charge is 0.105 e. The number of hydrogen-bond acceptors (Lipinski definition) is 4. The molecule has 3 rings (SSSR count). The minimum absolute atomic E-state index is 0.502. The van der Waals surface area contributed by atoms with E-state index in [1.807, 2.05) is 0 Å². The highest BCUT2D eigenvalue weighted by Gasteiger charge is 2.19. The molecular formula is C12H15N3S. The molecule has 1 N–H and O–H groups in total. The first-order chi connectivity index (χ1) is 7.83. The third-order valence-corrected chi connectivity index (χ3v) is 3.90. The quantitative estimate of drug-likeness (QED) is 0.823. The van der Waals surface area contributed by atoms with Crippen LogP contribution in [0.5, 0.6) is 0 Å². The second kappa shape index (κ2) is 4.11. The predicted octanol–water partition coefficient (Wildman–Crippen LogP) is 2.75. The Hall–Kier alpha value is -1.00. The molecule has 0 amide bonds. The fraction of sp³-hybridized carbons (Fsp3) is 0.500. The largest absolute Gasteiger partial charge is 0.310 e. The summed E-state index contributed by atoms with van der Waals surface area (Å²) in [5.74, 6) is 0.806. The van der Waals surface area contributed by atoms with Crippen molar-refractivity contribution in [3.05, 3.63) is 23.8 Å². The van der Waals surface area contributed by atoms with Crippen LogP contribution in [-0.4, -0.2) is 15.3 Å². The summed E-state index contributed by atoms with van der Waals surface area (Å²) in [5.41, 5.74) is 3.40. The van der Waals surface area contributed by atoms with Crippen molar-refractivity contribution in [2.24, 2.45) is 5.92 Å². The van der Waals surface area contributed by atoms with E-state index in [0.29, 0.717) is 6.04 Å². The number of aromatic nitrogens is 2. The molecule has 0 bridgehead atoms. The van der Waals surface area contributed by atoms with E-state index in [2.05, 4.69) is 39.2 Å². The summed E-state index contributed by atoms with van der Waals surface area (Å²) in [7, 11) is 0. The lowest BCUT2D eigenvalue weighted by molar-refractivity contribution is 0.333. The standard InChI is InChI=1S/C12H15N3S/c1-8-2-4-10(13-7-8)9-3-5-11-12(6-9)15-16-14-11/h3,5-6,8,10,13H,2,4,7H2,1H3. The zero-order valence-corrected chi connectivity index (χ0v) is 10.1. The van der Waals surface area contributed by atoms with Crippen LogP contribution in [0, 0.1) is 5.92 Å². The van der Waals surface area contributed by atoms with Gasteiger partial charge in [-0.2, -0.15) is 8.75 Å². The number of benzene rings is 1. The van der Waals surface area contributed by atoms with Gasteiger partial charge in [0.05, 0.1) is 11.7 Å². The Labute approximate surface area is 99.2 Å². The maximum absolute atomic E-state index is 4.29. The SMILES string of the molecule is CC1CCC(c2ccc3nsnc3c2)NC1. The third kappa shape index (κ3) is 1.83. The zero-order chi connectivity index (χ0) is 11.0. The monoisotopic (exact) mass is 233 g/mol. The first-order valence-corrected chi connectivity index (χ1v) is 6.51. The van der Waals surface area contributed by atoms with Crippen LogP contribution in [-0.2, 0) is 0 Å². The second-order valence-electron chi connectivity index (χ2n) is 4.66. The number of rotatable bonds is 1. The molecule has 16 heavy (non-hydrogen) atoms. The molecule has 1 aromatic heterocycles. The lowest BCUT2D eigenvalue weighted by Crippen LogP contribution is -2.31. The highest BCUT2D eigenvalue weighted by molar-refractivity contribution is 7.00. The minimum Gasteiger partial charge on any atom is -0.310 e. The van der Waals surface area contributed by atoms with E-state index in [-0.39, 0.29) is 0 Å². The lowest BCUT2D eigenvalue weighted by Gasteiger charge is -2.28. The second-order valence-corrected chi connectivity index (χ2v) is 5.18. The molecule has 2 heterocycles. The van der Waals surface area contributed by atoms with E-state index >= 15 is 0 Å². The van der Waals surface area contributed by atoms with Crippen molar-refractivity contribution in [3.63, 3.8) is 0 Å². The first-order valence-electron chi connectivity index (χ1n) is 5.78. The maximum Gasteiger partial charge on any atom is 0.105 e. The fourth-order valence-electron chi connectivity index (χ4n) is 2.30.